The average Bonchev–Trinajstić information content (AvgIpc) is 2.52. The van der Waals surface area contributed by atoms with Gasteiger partial charge in [-0.15, -0.1) is 0 Å². The molecular weight excluding hydrogens is 313 g/mol. The molecule has 2 aromatic carbocycles. The highest BCUT2D eigenvalue weighted by Gasteiger charge is 2.32. The molecule has 0 aliphatic carbocycles. The number of para-hydroxylation sites is 1. The fourth-order valence-electron chi connectivity index (χ4n) is 1.63. The Labute approximate surface area is 130 Å². The van der Waals surface area contributed by atoms with E-state index in [0.29, 0.717) is 11.3 Å². The van der Waals surface area contributed by atoms with Gasteiger partial charge in [0.1, 0.15) is 5.03 Å². The van der Waals surface area contributed by atoms with Crippen molar-refractivity contribution in [3.8, 4) is 0 Å². The first kappa shape index (κ1) is 16.1. The third kappa shape index (κ3) is 4.63. The van der Waals surface area contributed by atoms with E-state index in [1.165, 1.54) is 0 Å². The number of halogens is 4. The predicted octanol–water partition coefficient (Wildman–Crippen LogP) is 5.19. The third-order valence-electron chi connectivity index (χ3n) is 2.68. The summed E-state index contributed by atoms with van der Waals surface area (Å²) in [6, 6.07) is 17.4. The van der Waals surface area contributed by atoms with Crippen LogP contribution in [0.2, 0.25) is 0 Å². The van der Waals surface area contributed by atoms with Crippen LogP contribution in [0.15, 0.2) is 76.9 Å². The Kier molecular flexibility index (Phi) is 5.22. The van der Waals surface area contributed by atoms with Gasteiger partial charge in [0.15, 0.2) is 0 Å². The van der Waals surface area contributed by atoms with Crippen molar-refractivity contribution in [3.05, 3.63) is 77.3 Å². The normalized spacial score (nSPS) is 13.1. The molecule has 0 bridgehead atoms. The molecule has 0 unspecified atom stereocenters. The van der Waals surface area contributed by atoms with E-state index in [2.05, 4.69) is 10.5 Å². The third-order valence-corrected chi connectivity index (χ3v) is 3.01. The van der Waals surface area contributed by atoms with Gasteiger partial charge in [-0.1, -0.05) is 60.1 Å². The topological polar surface area (TPSA) is 24.4 Å². The van der Waals surface area contributed by atoms with Crippen LogP contribution in [0.3, 0.4) is 0 Å². The quantitative estimate of drug-likeness (QED) is 0.607. The van der Waals surface area contributed by atoms with Gasteiger partial charge in [0.2, 0.25) is 0 Å². The summed E-state index contributed by atoms with van der Waals surface area (Å²) in [7, 11) is 0. The second kappa shape index (κ2) is 7.13. The lowest BCUT2D eigenvalue weighted by atomic mass is 10.1. The molecule has 0 aliphatic rings. The first-order valence-electron chi connectivity index (χ1n) is 6.35. The van der Waals surface area contributed by atoms with E-state index in [4.69, 9.17) is 11.6 Å². The number of anilines is 1. The number of nitrogens with zero attached hydrogens (tertiary/aromatic N) is 1. The number of nitrogens with one attached hydrogen (secondary N) is 1. The Morgan fingerprint density at radius 3 is 2.05 bits per heavy atom. The monoisotopic (exact) mass is 324 g/mol. The molecule has 114 valence electrons. The van der Waals surface area contributed by atoms with Crippen molar-refractivity contribution in [2.75, 3.05) is 5.43 Å². The summed E-state index contributed by atoms with van der Waals surface area (Å²) in [6.45, 7) is 0. The summed E-state index contributed by atoms with van der Waals surface area (Å²) >= 11 is 5.31. The number of hydrogen-bond donors (Lipinski definition) is 1. The smallest absolute Gasteiger partial charge is 0.278 e. The van der Waals surface area contributed by atoms with Gasteiger partial charge in [-0.3, -0.25) is 5.43 Å². The van der Waals surface area contributed by atoms with Crippen molar-refractivity contribution in [1.82, 2.24) is 0 Å². The minimum absolute atomic E-state index is 0.0896. The Balaban J connectivity index is 2.34. The van der Waals surface area contributed by atoms with Crippen LogP contribution in [-0.4, -0.2) is 11.9 Å². The number of allylic oxidation sites excluding steroid dienone is 2. The van der Waals surface area contributed by atoms with E-state index in [9.17, 15) is 13.2 Å². The van der Waals surface area contributed by atoms with Gasteiger partial charge in [0.25, 0.3) is 0 Å². The molecule has 0 atom stereocenters. The molecule has 1 N–H and O–H groups in total. The van der Waals surface area contributed by atoms with E-state index < -0.39 is 11.2 Å². The summed E-state index contributed by atoms with van der Waals surface area (Å²) in [4.78, 5) is 0. The maximum atomic E-state index is 12.6. The molecule has 0 amide bonds. The predicted molar refractivity (Wildman–Crippen MR) is 83.0 cm³/mol. The van der Waals surface area contributed by atoms with Crippen LogP contribution in [0.5, 0.6) is 0 Å². The molecule has 0 fully saturated rings. The molecule has 0 radical (unpaired) electrons. The van der Waals surface area contributed by atoms with Crippen LogP contribution >= 0.6 is 11.6 Å². The average molecular weight is 325 g/mol. The Morgan fingerprint density at radius 1 is 0.955 bits per heavy atom. The van der Waals surface area contributed by atoms with Gasteiger partial charge in [-0.2, -0.15) is 18.3 Å². The summed E-state index contributed by atoms with van der Waals surface area (Å²) in [5.41, 5.74) is 3.99. The van der Waals surface area contributed by atoms with Gasteiger partial charge in [-0.05, 0) is 18.2 Å². The highest BCUT2D eigenvalue weighted by atomic mass is 35.5. The van der Waals surface area contributed by atoms with Gasteiger partial charge in [-0.25, -0.2) is 0 Å². The second-order valence-corrected chi connectivity index (χ2v) is 4.74. The van der Waals surface area contributed by atoms with Gasteiger partial charge in [0, 0.05) is 5.56 Å². The maximum absolute atomic E-state index is 12.6. The minimum Gasteiger partial charge on any atom is -0.278 e. The minimum atomic E-state index is -4.61. The molecule has 22 heavy (non-hydrogen) atoms. The fraction of sp³-hybridized carbons (Fsp3) is 0.0625. The molecule has 2 nitrogen and oxygen atoms in total. The lowest BCUT2D eigenvalue weighted by Crippen LogP contribution is -2.10. The number of benzene rings is 2. The van der Waals surface area contributed by atoms with E-state index in [-0.39, 0.29) is 5.71 Å². The summed E-state index contributed by atoms with van der Waals surface area (Å²) in [5.74, 6) is 0. The number of rotatable bonds is 4. The first-order valence-corrected chi connectivity index (χ1v) is 6.73. The van der Waals surface area contributed by atoms with E-state index in [1.54, 1.807) is 54.6 Å². The van der Waals surface area contributed by atoms with Crippen LogP contribution in [0, 0.1) is 0 Å². The lowest BCUT2D eigenvalue weighted by Gasteiger charge is -2.07. The van der Waals surface area contributed by atoms with E-state index >= 15 is 0 Å². The number of alkyl halides is 3. The van der Waals surface area contributed by atoms with Crippen LogP contribution < -0.4 is 5.43 Å². The molecule has 0 heterocycles. The van der Waals surface area contributed by atoms with Crippen molar-refractivity contribution in [3.63, 3.8) is 0 Å². The standard InChI is InChI=1S/C16H12ClF3N2/c17-15(16(18,19)20)11-14(12-7-3-1-4-8-12)22-21-13-9-5-2-6-10-13/h1-11,21H/b15-11+,22-14-. The largest absolute Gasteiger partial charge is 0.427 e. The van der Waals surface area contributed by atoms with Crippen LogP contribution in [0.1, 0.15) is 5.56 Å². The molecule has 0 spiro atoms. The molecular formula is C16H12ClF3N2. The van der Waals surface area contributed by atoms with Gasteiger partial charge >= 0.3 is 6.18 Å². The lowest BCUT2D eigenvalue weighted by molar-refractivity contribution is -0.0844. The van der Waals surface area contributed by atoms with Crippen molar-refractivity contribution < 1.29 is 13.2 Å². The van der Waals surface area contributed by atoms with E-state index in [1.807, 2.05) is 6.07 Å². The first-order chi connectivity index (χ1) is 10.5. The van der Waals surface area contributed by atoms with Crippen LogP contribution in [-0.2, 0) is 0 Å². The highest BCUT2D eigenvalue weighted by molar-refractivity contribution is 6.32. The summed E-state index contributed by atoms with van der Waals surface area (Å²) < 4.78 is 37.8. The Hall–Kier alpha value is -2.27. The molecule has 2 rings (SSSR count). The molecule has 0 aromatic heterocycles. The van der Waals surface area contributed by atoms with Crippen molar-refractivity contribution in [2.45, 2.75) is 6.18 Å². The molecule has 0 saturated carbocycles. The number of hydrogen-bond acceptors (Lipinski definition) is 2. The molecule has 2 aromatic rings. The molecule has 0 aliphatic heterocycles. The maximum Gasteiger partial charge on any atom is 0.427 e. The highest BCUT2D eigenvalue weighted by Crippen LogP contribution is 2.29. The summed E-state index contributed by atoms with van der Waals surface area (Å²) in [6.07, 6.45) is -3.81. The van der Waals surface area contributed by atoms with Crippen LogP contribution in [0.4, 0.5) is 18.9 Å². The van der Waals surface area contributed by atoms with E-state index in [0.717, 1.165) is 6.08 Å². The zero-order chi connectivity index (χ0) is 16.0. The van der Waals surface area contributed by atoms with Crippen LogP contribution in [0.25, 0.3) is 0 Å². The van der Waals surface area contributed by atoms with Gasteiger partial charge in [0.05, 0.1) is 11.4 Å². The van der Waals surface area contributed by atoms with Crippen molar-refractivity contribution in [1.29, 1.82) is 0 Å². The zero-order valence-electron chi connectivity index (χ0n) is 11.3. The molecule has 0 saturated heterocycles. The van der Waals surface area contributed by atoms with Gasteiger partial charge < -0.3 is 0 Å². The zero-order valence-corrected chi connectivity index (χ0v) is 12.1. The Morgan fingerprint density at radius 2 is 1.50 bits per heavy atom. The molecule has 6 heteroatoms. The van der Waals surface area contributed by atoms with Crippen molar-refractivity contribution >= 4 is 23.0 Å². The number of hydrazone groups is 1. The summed E-state index contributed by atoms with van der Waals surface area (Å²) in [5, 5.41) is 2.79. The SMILES string of the molecule is FC(F)(F)/C(Cl)=C\C(=N\Nc1ccccc1)c1ccccc1. The Bertz CT molecular complexity index is 665. The fourth-order valence-corrected chi connectivity index (χ4v) is 1.73. The van der Waals surface area contributed by atoms with Crippen molar-refractivity contribution in [2.24, 2.45) is 5.10 Å². The second-order valence-electron chi connectivity index (χ2n) is 4.33.